The number of fused-ring (bicyclic) bond motifs is 1. The van der Waals surface area contributed by atoms with Crippen molar-refractivity contribution in [2.75, 3.05) is 20.6 Å². The van der Waals surface area contributed by atoms with Gasteiger partial charge in [-0.05, 0) is 53.1 Å². The van der Waals surface area contributed by atoms with Crippen LogP contribution in [0, 0.1) is 0 Å². The second-order valence-corrected chi connectivity index (χ2v) is 9.79. The first kappa shape index (κ1) is 27.3. The number of alkyl halides is 3. The fourth-order valence-electron chi connectivity index (χ4n) is 3.82. The van der Waals surface area contributed by atoms with E-state index in [9.17, 15) is 22.8 Å². The Hall–Kier alpha value is -3.70. The third kappa shape index (κ3) is 5.73. The van der Waals surface area contributed by atoms with E-state index >= 15 is 0 Å². The molecule has 5 rings (SSSR count). The highest BCUT2D eigenvalue weighted by Gasteiger charge is 2.40. The van der Waals surface area contributed by atoms with Crippen LogP contribution in [-0.2, 0) is 9.59 Å². The van der Waals surface area contributed by atoms with Gasteiger partial charge in [-0.25, -0.2) is 5.01 Å². The van der Waals surface area contributed by atoms with E-state index in [0.29, 0.717) is 22.9 Å². The monoisotopic (exact) mass is 561 g/mol. The third-order valence-corrected chi connectivity index (χ3v) is 6.82. The summed E-state index contributed by atoms with van der Waals surface area (Å²) in [5.74, 6) is 0.218. The number of hydrazine groups is 1. The van der Waals surface area contributed by atoms with E-state index in [0.717, 1.165) is 28.3 Å². The van der Waals surface area contributed by atoms with Crippen LogP contribution in [-0.4, -0.2) is 65.7 Å². The summed E-state index contributed by atoms with van der Waals surface area (Å²) in [6, 6.07) is 9.11. The van der Waals surface area contributed by atoms with Crippen molar-refractivity contribution in [3.05, 3.63) is 80.7 Å². The van der Waals surface area contributed by atoms with Crippen LogP contribution in [0.2, 0.25) is 5.02 Å². The maximum absolute atomic E-state index is 13.2. The summed E-state index contributed by atoms with van der Waals surface area (Å²) >= 11 is 7.55. The van der Waals surface area contributed by atoms with E-state index in [1.54, 1.807) is 49.5 Å². The molecule has 0 fully saturated rings. The Morgan fingerprint density at radius 1 is 1.00 bits per heavy atom. The molecule has 1 aromatic carbocycles. The van der Waals surface area contributed by atoms with Crippen molar-refractivity contribution in [1.29, 1.82) is 0 Å². The van der Waals surface area contributed by atoms with Crippen LogP contribution in [0.15, 0.2) is 74.6 Å². The maximum atomic E-state index is 13.2. The number of hydrogen-bond donors (Lipinski definition) is 0. The van der Waals surface area contributed by atoms with Crippen molar-refractivity contribution in [2.45, 2.75) is 19.5 Å². The fraction of sp³-hybridized carbons (Fsp3) is 0.231. The lowest BCUT2D eigenvalue weighted by Crippen LogP contribution is -2.57. The van der Waals surface area contributed by atoms with Gasteiger partial charge in [-0.3, -0.25) is 24.6 Å². The molecule has 38 heavy (non-hydrogen) atoms. The van der Waals surface area contributed by atoms with Gasteiger partial charge >= 0.3 is 6.18 Å². The molecule has 0 saturated heterocycles. The predicted octanol–water partition coefficient (Wildman–Crippen LogP) is 5.64. The van der Waals surface area contributed by atoms with Crippen LogP contribution in [0.3, 0.4) is 0 Å². The summed E-state index contributed by atoms with van der Waals surface area (Å²) in [6.45, 7) is 1.83. The minimum Gasteiger partial charge on any atom is -0.271 e. The predicted molar refractivity (Wildman–Crippen MR) is 143 cm³/mol. The number of carbonyl (C=O) groups excluding carboxylic acids is 2. The number of amidine groups is 1. The number of hydrogen-bond acceptors (Lipinski definition) is 6. The number of likely N-dealkylation sites (N-methyl/N-ethyl adjacent to an activating group) is 2. The van der Waals surface area contributed by atoms with Crippen LogP contribution in [0.1, 0.15) is 24.5 Å². The van der Waals surface area contributed by atoms with Crippen molar-refractivity contribution in [1.82, 2.24) is 15.0 Å². The number of carbonyl (C=O) groups is 2. The number of amides is 2. The Morgan fingerprint density at radius 3 is 2.34 bits per heavy atom. The van der Waals surface area contributed by atoms with Crippen molar-refractivity contribution in [3.8, 4) is 0 Å². The van der Waals surface area contributed by atoms with Crippen molar-refractivity contribution < 1.29 is 22.8 Å². The highest BCUT2D eigenvalue weighted by molar-refractivity contribution is 7.08. The summed E-state index contributed by atoms with van der Waals surface area (Å²) in [4.78, 5) is 28.6. The van der Waals surface area contributed by atoms with Gasteiger partial charge in [0.2, 0.25) is 0 Å². The molecule has 0 N–H and O–H groups in total. The van der Waals surface area contributed by atoms with Gasteiger partial charge in [-0.1, -0.05) is 35.4 Å². The zero-order valence-electron chi connectivity index (χ0n) is 20.7. The number of hydrazone groups is 1. The summed E-state index contributed by atoms with van der Waals surface area (Å²) < 4.78 is 36.1. The van der Waals surface area contributed by atoms with E-state index in [1.165, 1.54) is 22.3 Å². The van der Waals surface area contributed by atoms with Gasteiger partial charge in [0.1, 0.15) is 12.2 Å². The summed E-state index contributed by atoms with van der Waals surface area (Å²) in [5, 5.41) is 13.4. The molecule has 0 unspecified atom stereocenters. The number of thiophene rings is 1. The molecule has 12 heteroatoms. The van der Waals surface area contributed by atoms with Crippen molar-refractivity contribution in [3.63, 3.8) is 0 Å². The minimum atomic E-state index is -4.34. The van der Waals surface area contributed by atoms with E-state index in [2.05, 4.69) is 10.1 Å². The Balaban J connectivity index is 0.000000236. The number of benzene rings is 1. The molecule has 0 atom stereocenters. The lowest BCUT2D eigenvalue weighted by atomic mass is 9.92. The number of halogens is 4. The largest absolute Gasteiger partial charge is 0.433 e. The molecular weight excluding hydrogens is 539 g/mol. The Labute approximate surface area is 226 Å². The third-order valence-electron chi connectivity index (χ3n) is 5.88. The van der Waals surface area contributed by atoms with Crippen LogP contribution in [0.4, 0.5) is 13.2 Å². The van der Waals surface area contributed by atoms with Crippen LogP contribution in [0.5, 0.6) is 0 Å². The molecular formula is C26H23ClF3N5O2S. The second-order valence-electron chi connectivity index (χ2n) is 8.57. The fourth-order valence-corrected chi connectivity index (χ4v) is 4.60. The molecule has 0 radical (unpaired) electrons. The van der Waals surface area contributed by atoms with Gasteiger partial charge in [-0.15, -0.1) is 5.10 Å². The molecule has 3 aliphatic heterocycles. The summed E-state index contributed by atoms with van der Waals surface area (Å²) in [6.07, 6.45) is -0.138. The summed E-state index contributed by atoms with van der Waals surface area (Å²) in [7, 11) is 3.27. The first-order chi connectivity index (χ1) is 18.0. The Bertz CT molecular complexity index is 1390. The number of aliphatic imine (C=N–C) groups is 1. The van der Waals surface area contributed by atoms with Gasteiger partial charge in [-0.2, -0.15) is 24.5 Å². The van der Waals surface area contributed by atoms with Gasteiger partial charge in [0, 0.05) is 37.3 Å². The topological polar surface area (TPSA) is 68.6 Å². The van der Waals surface area contributed by atoms with E-state index in [-0.39, 0.29) is 18.4 Å². The quantitative estimate of drug-likeness (QED) is 0.476. The second kappa shape index (κ2) is 11.0. The van der Waals surface area contributed by atoms with Crippen LogP contribution < -0.4 is 0 Å². The maximum Gasteiger partial charge on any atom is 0.433 e. The highest BCUT2D eigenvalue weighted by atomic mass is 35.5. The minimum absolute atomic E-state index is 0.0686. The SMILES string of the molecule is CC1=CC=C(C(F)(F)F)N=CC1.CN1N=C2C(c3ccsc3)=C(c3ccc(Cl)cc3)C(=O)N(C)N2CC1=O. The van der Waals surface area contributed by atoms with Gasteiger partial charge in [0.15, 0.2) is 5.84 Å². The summed E-state index contributed by atoms with van der Waals surface area (Å²) in [5.41, 5.74) is 2.95. The molecule has 2 aromatic rings. The zero-order valence-corrected chi connectivity index (χ0v) is 22.2. The molecule has 7 nitrogen and oxygen atoms in total. The first-order valence-electron chi connectivity index (χ1n) is 11.4. The van der Waals surface area contributed by atoms with Gasteiger partial charge < -0.3 is 0 Å². The zero-order chi connectivity index (χ0) is 27.6. The van der Waals surface area contributed by atoms with E-state index in [1.807, 2.05) is 29.0 Å². The first-order valence-corrected chi connectivity index (χ1v) is 12.7. The molecule has 0 aliphatic carbocycles. The smallest absolute Gasteiger partial charge is 0.271 e. The Morgan fingerprint density at radius 2 is 1.71 bits per heavy atom. The van der Waals surface area contributed by atoms with Gasteiger partial charge in [0.05, 0.1) is 5.57 Å². The van der Waals surface area contributed by atoms with E-state index in [4.69, 9.17) is 11.6 Å². The molecule has 2 amide bonds. The average Bonchev–Trinajstić information content (AvgIpc) is 3.30. The normalized spacial score (nSPS) is 17.9. The molecule has 4 heterocycles. The lowest BCUT2D eigenvalue weighted by Gasteiger charge is -2.42. The molecule has 0 spiro atoms. The lowest BCUT2D eigenvalue weighted by molar-refractivity contribution is -0.142. The molecule has 1 aromatic heterocycles. The number of nitrogens with zero attached hydrogens (tertiary/aromatic N) is 5. The van der Waals surface area contributed by atoms with Crippen LogP contribution in [0.25, 0.3) is 11.1 Å². The number of allylic oxidation sites excluding steroid dienone is 4. The molecule has 0 saturated carbocycles. The van der Waals surface area contributed by atoms with Crippen molar-refractivity contribution >= 4 is 57.9 Å². The highest BCUT2D eigenvalue weighted by Crippen LogP contribution is 2.37. The van der Waals surface area contributed by atoms with Crippen LogP contribution >= 0.6 is 22.9 Å². The number of rotatable bonds is 2. The molecule has 0 bridgehead atoms. The average molecular weight is 562 g/mol. The van der Waals surface area contributed by atoms with Gasteiger partial charge in [0.25, 0.3) is 11.8 Å². The molecule has 3 aliphatic rings. The Kier molecular flexibility index (Phi) is 7.89. The molecule has 198 valence electrons. The van der Waals surface area contributed by atoms with Crippen molar-refractivity contribution in [2.24, 2.45) is 10.1 Å². The van der Waals surface area contributed by atoms with E-state index < -0.39 is 11.9 Å². The standard InChI is InChI=1S/C18H15ClN4O2S.C8H8F3N/c1-21-14(24)9-23-17(20-21)15(12-7-8-26-10-12)16(18(25)22(23)2)11-3-5-13(19)6-4-11;1-6-2-3-7(8(9,10)11)12-5-4-6/h3-8,10H,9H2,1-2H3;2-3,5H,4H2,1H3.